The normalized spacial score (nSPS) is 24.1. The highest BCUT2D eigenvalue weighted by atomic mass is 16.6. The Labute approximate surface area is 193 Å². The van der Waals surface area contributed by atoms with Gasteiger partial charge >= 0.3 is 12.0 Å². The lowest BCUT2D eigenvalue weighted by molar-refractivity contribution is -0.142. The lowest BCUT2D eigenvalue weighted by atomic mass is 9.77. The van der Waals surface area contributed by atoms with Gasteiger partial charge in [-0.3, -0.25) is 20.0 Å². The summed E-state index contributed by atoms with van der Waals surface area (Å²) in [4.78, 5) is 32.6. The second-order valence-electron chi connectivity index (χ2n) is 8.43. The van der Waals surface area contributed by atoms with Crippen LogP contribution in [0.4, 0.5) is 11.4 Å². The van der Waals surface area contributed by atoms with Crippen LogP contribution in [0.2, 0.25) is 0 Å². The van der Waals surface area contributed by atoms with Crippen LogP contribution < -0.4 is 10.7 Å². The molecule has 1 aliphatic carbocycles. The minimum absolute atomic E-state index is 0.124. The number of pyridine rings is 1. The third kappa shape index (κ3) is 5.87. The third-order valence-electron chi connectivity index (χ3n) is 6.13. The second kappa shape index (κ2) is 10.4. The standard InChI is InChI=1S/C24H29N5O4/c1-29-23(33-24(28-29)27-20-4-3-13-25-15-20)22(31)26-19-11-9-18(10-12-19)17-7-5-16(6-8-17)14-21(30)32-2/h3-4,9-13,15-17,23H,5-8,14H2,1-2H3,(H,26,31)(H,27,28). The molecule has 174 valence electrons. The number of amides is 1. The van der Waals surface area contributed by atoms with E-state index >= 15 is 0 Å². The van der Waals surface area contributed by atoms with Gasteiger partial charge in [0.05, 0.1) is 19.0 Å². The van der Waals surface area contributed by atoms with Gasteiger partial charge in [-0.1, -0.05) is 12.1 Å². The molecule has 4 rings (SSSR count). The largest absolute Gasteiger partial charge is 0.469 e. The molecule has 0 radical (unpaired) electrons. The first-order chi connectivity index (χ1) is 16.0. The van der Waals surface area contributed by atoms with Crippen molar-refractivity contribution < 1.29 is 19.1 Å². The van der Waals surface area contributed by atoms with Crippen LogP contribution in [0.15, 0.2) is 53.8 Å². The van der Waals surface area contributed by atoms with Crippen LogP contribution >= 0.6 is 0 Å². The number of likely N-dealkylation sites (N-methyl/N-ethyl adjacent to an activating group) is 1. The number of nitrogens with one attached hydrogen (secondary N) is 2. The van der Waals surface area contributed by atoms with Crippen LogP contribution in [0.3, 0.4) is 0 Å². The van der Waals surface area contributed by atoms with Crippen molar-refractivity contribution in [1.29, 1.82) is 0 Å². The van der Waals surface area contributed by atoms with Crippen molar-refractivity contribution in [3.63, 3.8) is 0 Å². The number of rotatable bonds is 6. The van der Waals surface area contributed by atoms with Gasteiger partial charge in [-0.05, 0) is 67.3 Å². The number of ether oxygens (including phenoxy) is 2. The Hall–Kier alpha value is -3.46. The predicted octanol–water partition coefficient (Wildman–Crippen LogP) is 3.34. The average Bonchev–Trinajstić information content (AvgIpc) is 3.20. The van der Waals surface area contributed by atoms with Crippen LogP contribution in [0, 0.1) is 5.92 Å². The number of nitrogens with zero attached hydrogens (tertiary/aromatic N) is 3. The monoisotopic (exact) mass is 451 g/mol. The number of esters is 1. The van der Waals surface area contributed by atoms with E-state index in [1.165, 1.54) is 12.7 Å². The van der Waals surface area contributed by atoms with Crippen LogP contribution in [-0.2, 0) is 19.1 Å². The predicted molar refractivity (Wildman–Crippen MR) is 124 cm³/mol. The number of benzene rings is 1. The molecule has 1 saturated heterocycles. The Bertz CT molecular complexity index is 988. The molecule has 2 fully saturated rings. The van der Waals surface area contributed by atoms with Crippen molar-refractivity contribution in [2.24, 2.45) is 10.9 Å². The first kappa shape index (κ1) is 22.7. The summed E-state index contributed by atoms with van der Waals surface area (Å²) in [6, 6.07) is 11.8. The van der Waals surface area contributed by atoms with E-state index in [1.54, 1.807) is 36.6 Å². The smallest absolute Gasteiger partial charge is 0.307 e. The Kier molecular flexibility index (Phi) is 7.19. The first-order valence-corrected chi connectivity index (χ1v) is 11.1. The third-order valence-corrected chi connectivity index (χ3v) is 6.13. The molecule has 0 bridgehead atoms. The number of carbonyl (C=O) groups excluding carboxylic acids is 2. The molecule has 1 aliphatic heterocycles. The van der Waals surface area contributed by atoms with Crippen LogP contribution in [0.25, 0.3) is 0 Å². The highest BCUT2D eigenvalue weighted by molar-refractivity contribution is 5.96. The van der Waals surface area contributed by atoms with Crippen molar-refractivity contribution >= 4 is 29.3 Å². The van der Waals surface area contributed by atoms with E-state index in [0.717, 1.165) is 25.7 Å². The number of anilines is 1. The van der Waals surface area contributed by atoms with E-state index in [0.29, 0.717) is 29.6 Å². The molecule has 0 spiro atoms. The Morgan fingerprint density at radius 3 is 2.64 bits per heavy atom. The van der Waals surface area contributed by atoms with Gasteiger partial charge in [-0.25, -0.2) is 0 Å². The number of aliphatic imine (C=N–C) groups is 1. The zero-order chi connectivity index (χ0) is 23.2. The highest BCUT2D eigenvalue weighted by Gasteiger charge is 2.34. The minimum Gasteiger partial charge on any atom is -0.469 e. The average molecular weight is 452 g/mol. The van der Waals surface area contributed by atoms with Gasteiger partial charge in [0.15, 0.2) is 0 Å². The Balaban J connectivity index is 1.30. The summed E-state index contributed by atoms with van der Waals surface area (Å²) in [5, 5.41) is 4.46. The van der Waals surface area contributed by atoms with E-state index in [9.17, 15) is 9.59 Å². The number of hydrazine groups is 1. The molecule has 1 unspecified atom stereocenters. The fourth-order valence-corrected chi connectivity index (χ4v) is 4.30. The molecule has 2 aliphatic rings. The molecule has 1 aromatic carbocycles. The minimum atomic E-state index is -0.842. The van der Waals surface area contributed by atoms with Crippen molar-refractivity contribution in [2.75, 3.05) is 19.5 Å². The zero-order valence-electron chi connectivity index (χ0n) is 18.9. The van der Waals surface area contributed by atoms with Crippen molar-refractivity contribution in [3.8, 4) is 0 Å². The van der Waals surface area contributed by atoms with Gasteiger partial charge in [-0.15, -0.1) is 0 Å². The number of hydrogen-bond acceptors (Lipinski definition) is 7. The zero-order valence-corrected chi connectivity index (χ0v) is 18.9. The maximum Gasteiger partial charge on any atom is 0.307 e. The van der Waals surface area contributed by atoms with Crippen LogP contribution in [0.5, 0.6) is 0 Å². The fourth-order valence-electron chi connectivity index (χ4n) is 4.30. The summed E-state index contributed by atoms with van der Waals surface area (Å²) in [6.07, 6.45) is 7.10. The number of carbonyl (C=O) groups is 2. The van der Waals surface area contributed by atoms with Crippen molar-refractivity contribution in [1.82, 2.24) is 15.4 Å². The van der Waals surface area contributed by atoms with Crippen molar-refractivity contribution in [3.05, 3.63) is 54.4 Å². The lowest BCUT2D eigenvalue weighted by Gasteiger charge is -2.28. The lowest BCUT2D eigenvalue weighted by Crippen LogP contribution is -2.41. The van der Waals surface area contributed by atoms with Gasteiger partial charge in [0.2, 0.25) is 0 Å². The van der Waals surface area contributed by atoms with Gasteiger partial charge in [0.1, 0.15) is 0 Å². The van der Waals surface area contributed by atoms with Gasteiger partial charge < -0.3 is 14.8 Å². The molecule has 1 atom stereocenters. The molecule has 9 nitrogen and oxygen atoms in total. The first-order valence-electron chi connectivity index (χ1n) is 11.1. The second-order valence-corrected chi connectivity index (χ2v) is 8.43. The molecular formula is C24H29N5O4. The van der Waals surface area contributed by atoms with E-state index in [1.807, 2.05) is 12.1 Å². The molecular weight excluding hydrogens is 422 g/mol. The Morgan fingerprint density at radius 2 is 1.97 bits per heavy atom. The maximum atomic E-state index is 12.7. The van der Waals surface area contributed by atoms with Crippen molar-refractivity contribution in [2.45, 2.75) is 44.2 Å². The van der Waals surface area contributed by atoms with Crippen LogP contribution in [0.1, 0.15) is 43.6 Å². The summed E-state index contributed by atoms with van der Waals surface area (Å²) in [6.45, 7) is 0. The quantitative estimate of drug-likeness (QED) is 0.649. The maximum absolute atomic E-state index is 12.7. The molecule has 1 amide bonds. The van der Waals surface area contributed by atoms with Gasteiger partial charge in [-0.2, -0.15) is 10.0 Å². The topological polar surface area (TPSA) is 105 Å². The summed E-state index contributed by atoms with van der Waals surface area (Å²) < 4.78 is 10.5. The molecule has 1 saturated carbocycles. The molecule has 2 N–H and O–H groups in total. The summed E-state index contributed by atoms with van der Waals surface area (Å²) >= 11 is 0. The van der Waals surface area contributed by atoms with Gasteiger partial charge in [0, 0.05) is 25.4 Å². The van der Waals surface area contributed by atoms with E-state index in [2.05, 4.69) is 32.9 Å². The number of hydrogen-bond donors (Lipinski definition) is 2. The van der Waals surface area contributed by atoms with E-state index in [4.69, 9.17) is 9.47 Å². The van der Waals surface area contributed by atoms with Gasteiger partial charge in [0.25, 0.3) is 12.1 Å². The van der Waals surface area contributed by atoms with E-state index < -0.39 is 6.23 Å². The summed E-state index contributed by atoms with van der Waals surface area (Å²) in [5.74, 6) is 0.470. The van der Waals surface area contributed by atoms with Crippen LogP contribution in [-0.4, -0.2) is 48.3 Å². The molecule has 2 heterocycles. The molecule has 2 aromatic rings. The summed E-state index contributed by atoms with van der Waals surface area (Å²) in [5.41, 5.74) is 5.52. The Morgan fingerprint density at radius 1 is 1.21 bits per heavy atom. The van der Waals surface area contributed by atoms with E-state index in [-0.39, 0.29) is 17.9 Å². The molecule has 1 aromatic heterocycles. The number of methoxy groups -OCH3 is 1. The number of aromatic nitrogens is 1. The highest BCUT2D eigenvalue weighted by Crippen LogP contribution is 2.37. The molecule has 9 heteroatoms. The summed E-state index contributed by atoms with van der Waals surface area (Å²) in [7, 11) is 3.16. The molecule has 33 heavy (non-hydrogen) atoms. The SMILES string of the molecule is COC(=O)CC1CCC(c2ccc(NC(=O)C3OC(=Nc4cccnc4)NN3C)cc2)CC1. The fraction of sp³-hybridized carbons (Fsp3) is 0.417. The number of amidine groups is 1.